The van der Waals surface area contributed by atoms with Crippen molar-refractivity contribution in [2.45, 2.75) is 51.8 Å². The van der Waals surface area contributed by atoms with Crippen LogP contribution in [0.3, 0.4) is 0 Å². The largest absolute Gasteiger partial charge is 0.458 e. The van der Waals surface area contributed by atoms with Crippen molar-refractivity contribution in [3.05, 3.63) is 144 Å². The van der Waals surface area contributed by atoms with Gasteiger partial charge in [-0.2, -0.15) is 0 Å². The highest BCUT2D eigenvalue weighted by atomic mass is 16.7. The van der Waals surface area contributed by atoms with E-state index in [9.17, 15) is 19.2 Å². The first-order valence-corrected chi connectivity index (χ1v) is 17.5. The highest BCUT2D eigenvalue weighted by molar-refractivity contribution is 5.91. The first-order chi connectivity index (χ1) is 26.1. The Bertz CT molecular complexity index is 1700. The second kappa shape index (κ2) is 17.6. The second-order valence-electron chi connectivity index (χ2n) is 13.7. The standard InChI is InChI=1S/C42H42O12/c1-41(25-49-37(50-26-41)31-19-11-5-12-20-31)39(45)53-33(35(43)47-23-29-15-7-3-8-16-29)34(36(44)48-24-30-17-9-4-10-18-30)54-40(46)42(2)27-51-38(52-28-42)32-21-13-6-14-22-32/h3-22,33-34,37-38H,23-28H2,1-2H3/t33-,34-,37?,38?,41?,42?/m0/s1. The molecule has 2 saturated heterocycles. The smallest absolute Gasteiger partial charge is 0.352 e. The fourth-order valence-electron chi connectivity index (χ4n) is 5.66. The average Bonchev–Trinajstić information content (AvgIpc) is 3.22. The highest BCUT2D eigenvalue weighted by Crippen LogP contribution is 2.35. The molecule has 0 bridgehead atoms. The van der Waals surface area contributed by atoms with Crippen molar-refractivity contribution in [1.29, 1.82) is 0 Å². The number of carbonyl (C=O) groups excluding carboxylic acids is 4. The normalized spacial score (nSPS) is 23.6. The van der Waals surface area contributed by atoms with Gasteiger partial charge in [0, 0.05) is 11.1 Å². The molecule has 2 aliphatic rings. The van der Waals surface area contributed by atoms with E-state index in [1.165, 1.54) is 0 Å². The molecule has 6 rings (SSSR count). The minimum atomic E-state index is -2.08. The van der Waals surface area contributed by atoms with E-state index in [0.717, 1.165) is 11.1 Å². The zero-order valence-corrected chi connectivity index (χ0v) is 30.0. The monoisotopic (exact) mass is 738 g/mol. The number of hydrogen-bond donors (Lipinski definition) is 0. The number of rotatable bonds is 13. The third kappa shape index (κ3) is 9.57. The maximum Gasteiger partial charge on any atom is 0.352 e. The fourth-order valence-corrected chi connectivity index (χ4v) is 5.66. The SMILES string of the molecule is CC1(C(=O)O[C@H](C(=O)OCc2ccccc2)[C@H](OC(=O)C2(C)COC(c3ccccc3)OC2)C(=O)OCc2ccccc2)COC(c2ccccc2)OC1. The van der Waals surface area contributed by atoms with Gasteiger partial charge in [0.15, 0.2) is 12.6 Å². The van der Waals surface area contributed by atoms with E-state index in [1.807, 2.05) is 60.7 Å². The number of ether oxygens (including phenoxy) is 8. The fraction of sp³-hybridized carbons (Fsp3) is 0.333. The van der Waals surface area contributed by atoms with Gasteiger partial charge in [0.2, 0.25) is 12.2 Å². The molecule has 0 radical (unpaired) electrons. The predicted molar refractivity (Wildman–Crippen MR) is 191 cm³/mol. The predicted octanol–water partition coefficient (Wildman–Crippen LogP) is 5.80. The Labute approximate surface area is 313 Å². The second-order valence-corrected chi connectivity index (χ2v) is 13.7. The lowest BCUT2D eigenvalue weighted by atomic mass is 9.91. The molecule has 0 aromatic heterocycles. The van der Waals surface area contributed by atoms with Crippen LogP contribution < -0.4 is 0 Å². The van der Waals surface area contributed by atoms with Crippen molar-refractivity contribution in [2.24, 2.45) is 10.8 Å². The molecule has 12 heteroatoms. The van der Waals surface area contributed by atoms with Crippen LogP contribution in [0.15, 0.2) is 121 Å². The number of carbonyl (C=O) groups is 4. The van der Waals surface area contributed by atoms with Crippen LogP contribution in [0.25, 0.3) is 0 Å². The molecule has 54 heavy (non-hydrogen) atoms. The van der Waals surface area contributed by atoms with Crippen LogP contribution in [0.4, 0.5) is 0 Å². The molecule has 12 nitrogen and oxygen atoms in total. The Hall–Kier alpha value is -5.40. The third-order valence-electron chi connectivity index (χ3n) is 9.00. The molecule has 0 unspecified atom stereocenters. The number of benzene rings is 4. The van der Waals surface area contributed by atoms with Crippen LogP contribution in [0.2, 0.25) is 0 Å². The van der Waals surface area contributed by atoms with E-state index in [1.54, 1.807) is 74.5 Å². The van der Waals surface area contributed by atoms with E-state index in [0.29, 0.717) is 11.1 Å². The van der Waals surface area contributed by atoms with Crippen molar-refractivity contribution in [3.63, 3.8) is 0 Å². The molecule has 0 spiro atoms. The van der Waals surface area contributed by atoms with Crippen molar-refractivity contribution < 1.29 is 57.1 Å². The van der Waals surface area contributed by atoms with Crippen molar-refractivity contribution in [1.82, 2.24) is 0 Å². The van der Waals surface area contributed by atoms with Crippen molar-refractivity contribution in [2.75, 3.05) is 26.4 Å². The number of esters is 4. The highest BCUT2D eigenvalue weighted by Gasteiger charge is 2.50. The molecule has 2 atom stereocenters. The Balaban J connectivity index is 1.24. The Morgan fingerprint density at radius 2 is 0.815 bits per heavy atom. The van der Waals surface area contributed by atoms with Gasteiger partial charge in [0.05, 0.1) is 26.4 Å². The van der Waals surface area contributed by atoms with Crippen molar-refractivity contribution >= 4 is 23.9 Å². The summed E-state index contributed by atoms with van der Waals surface area (Å²) >= 11 is 0. The molecule has 0 saturated carbocycles. The zero-order chi connectivity index (χ0) is 38.0. The molecule has 282 valence electrons. The summed E-state index contributed by atoms with van der Waals surface area (Å²) in [6, 6.07) is 35.9. The Kier molecular flexibility index (Phi) is 12.5. The lowest BCUT2D eigenvalue weighted by Gasteiger charge is -2.38. The summed E-state index contributed by atoms with van der Waals surface area (Å²) in [6.07, 6.45) is -5.63. The maximum absolute atomic E-state index is 14.0. The maximum atomic E-state index is 14.0. The van der Waals surface area contributed by atoms with Crippen LogP contribution >= 0.6 is 0 Å². The van der Waals surface area contributed by atoms with E-state index < -0.39 is 59.5 Å². The third-order valence-corrected chi connectivity index (χ3v) is 9.00. The Morgan fingerprint density at radius 3 is 1.13 bits per heavy atom. The molecule has 0 aliphatic carbocycles. The van der Waals surface area contributed by atoms with E-state index in [-0.39, 0.29) is 39.6 Å². The molecule has 0 N–H and O–H groups in total. The molecule has 2 heterocycles. The summed E-state index contributed by atoms with van der Waals surface area (Å²) < 4.78 is 46.3. The van der Waals surface area contributed by atoms with Crippen molar-refractivity contribution in [3.8, 4) is 0 Å². The summed E-state index contributed by atoms with van der Waals surface area (Å²) in [7, 11) is 0. The zero-order valence-electron chi connectivity index (χ0n) is 30.0. The molecular formula is C42H42O12. The summed E-state index contributed by atoms with van der Waals surface area (Å²) in [5, 5.41) is 0. The van der Waals surface area contributed by atoms with Crippen LogP contribution in [-0.4, -0.2) is 62.5 Å². The van der Waals surface area contributed by atoms with Gasteiger partial charge in [-0.15, -0.1) is 0 Å². The van der Waals surface area contributed by atoms with E-state index in [2.05, 4.69) is 0 Å². The number of hydrogen-bond acceptors (Lipinski definition) is 12. The molecule has 2 fully saturated rings. The minimum Gasteiger partial charge on any atom is -0.458 e. The lowest BCUT2D eigenvalue weighted by Crippen LogP contribution is -2.53. The Morgan fingerprint density at radius 1 is 0.519 bits per heavy atom. The van der Waals surface area contributed by atoms with E-state index >= 15 is 0 Å². The van der Waals surface area contributed by atoms with Gasteiger partial charge < -0.3 is 37.9 Å². The molecule has 4 aromatic rings. The van der Waals surface area contributed by atoms with Crippen LogP contribution in [0.1, 0.15) is 48.7 Å². The van der Waals surface area contributed by atoms with Gasteiger partial charge in [-0.1, -0.05) is 121 Å². The van der Waals surface area contributed by atoms with Gasteiger partial charge >= 0.3 is 23.9 Å². The molecule has 4 aromatic carbocycles. The quantitative estimate of drug-likeness (QED) is 0.121. The molecular weight excluding hydrogens is 696 g/mol. The topological polar surface area (TPSA) is 142 Å². The van der Waals surface area contributed by atoms with Gasteiger partial charge in [-0.3, -0.25) is 9.59 Å². The average molecular weight is 739 g/mol. The first-order valence-electron chi connectivity index (χ1n) is 17.5. The van der Waals surface area contributed by atoms with E-state index in [4.69, 9.17) is 37.9 Å². The summed E-state index contributed by atoms with van der Waals surface area (Å²) in [6.45, 7) is 2.05. The summed E-state index contributed by atoms with van der Waals surface area (Å²) in [5.41, 5.74) is -0.0858. The molecule has 2 aliphatic heterocycles. The van der Waals surface area contributed by atoms with Crippen LogP contribution in [0.5, 0.6) is 0 Å². The summed E-state index contributed by atoms with van der Waals surface area (Å²) in [4.78, 5) is 55.8. The molecule has 0 amide bonds. The van der Waals surface area contributed by atoms with Gasteiger partial charge in [0.1, 0.15) is 24.0 Å². The lowest BCUT2D eigenvalue weighted by molar-refractivity contribution is -0.246. The van der Waals surface area contributed by atoms with Gasteiger partial charge in [-0.25, -0.2) is 9.59 Å². The minimum absolute atomic E-state index is 0.143. The van der Waals surface area contributed by atoms with Gasteiger partial charge in [-0.05, 0) is 25.0 Å². The first kappa shape index (κ1) is 38.3. The summed E-state index contributed by atoms with van der Waals surface area (Å²) in [5.74, 6) is -4.19. The van der Waals surface area contributed by atoms with Gasteiger partial charge in [0.25, 0.3) is 0 Å². The van der Waals surface area contributed by atoms with Crippen LogP contribution in [-0.2, 0) is 70.3 Å². The van der Waals surface area contributed by atoms with Crippen LogP contribution in [0, 0.1) is 10.8 Å².